The fourth-order valence-electron chi connectivity index (χ4n) is 3.03. The van der Waals surface area contributed by atoms with Crippen LogP contribution in [0, 0.1) is 0 Å². The molecular weight excluding hydrogens is 401 g/mol. The zero-order chi connectivity index (χ0) is 11.8. The Balaban J connectivity index is 2.10. The average Bonchev–Trinajstić information content (AvgIpc) is 2.68. The van der Waals surface area contributed by atoms with Gasteiger partial charge in [0.25, 0.3) is 0 Å². The Kier molecular flexibility index (Phi) is 3.15. The van der Waals surface area contributed by atoms with Crippen molar-refractivity contribution < 1.29 is 0 Å². The monoisotopic (exact) mass is 418 g/mol. The van der Waals surface area contributed by atoms with E-state index < -0.39 is 0 Å². The maximum atomic E-state index is 5.89. The third-order valence-corrected chi connectivity index (χ3v) is 5.60. The van der Waals surface area contributed by atoms with E-state index in [4.69, 9.17) is 5.73 Å². The Morgan fingerprint density at radius 1 is 1.18 bits per heavy atom. The number of nitrogen functional groups attached to an aromatic ring is 1. The van der Waals surface area contributed by atoms with Crippen LogP contribution in [-0.2, 0) is 0 Å². The van der Waals surface area contributed by atoms with Crippen molar-refractivity contribution >= 4 is 42.7 Å². The van der Waals surface area contributed by atoms with Gasteiger partial charge in [-0.1, -0.05) is 0 Å². The van der Waals surface area contributed by atoms with Crippen molar-refractivity contribution in [2.75, 3.05) is 5.73 Å². The first-order valence-corrected chi connectivity index (χ1v) is 8.42. The van der Waals surface area contributed by atoms with Crippen LogP contribution in [0.1, 0.15) is 43.6 Å². The second-order valence-electron chi connectivity index (χ2n) is 5.10. The van der Waals surface area contributed by atoms with E-state index in [1.54, 1.807) is 5.56 Å². The predicted molar refractivity (Wildman–Crippen MR) is 73.3 cm³/mol. The molecule has 0 atom stereocenters. The van der Waals surface area contributed by atoms with Crippen LogP contribution in [0.15, 0.2) is 24.4 Å². The maximum absolute atomic E-state index is 5.89. The molecule has 0 saturated heterocycles. The van der Waals surface area contributed by atoms with Gasteiger partial charge in [0, 0.05) is 0 Å². The van der Waals surface area contributed by atoms with E-state index >= 15 is 0 Å². The van der Waals surface area contributed by atoms with E-state index in [0.717, 1.165) is 37.7 Å². The SMILES string of the molecule is Nc1ccc2c(C3CCCCC3)c[n]([Tl])c2c1. The molecule has 1 saturated carbocycles. The fourth-order valence-corrected chi connectivity index (χ4v) is 4.49. The summed E-state index contributed by atoms with van der Waals surface area (Å²) in [5, 5.41) is 1.44. The van der Waals surface area contributed by atoms with Gasteiger partial charge in [0.15, 0.2) is 0 Å². The molecule has 1 heterocycles. The normalized spacial score (nSPS) is 17.6. The van der Waals surface area contributed by atoms with Gasteiger partial charge in [-0.3, -0.25) is 0 Å². The molecule has 2 N–H and O–H groups in total. The van der Waals surface area contributed by atoms with Gasteiger partial charge < -0.3 is 0 Å². The Morgan fingerprint density at radius 2 is 1.94 bits per heavy atom. The molecule has 1 aliphatic carbocycles. The quantitative estimate of drug-likeness (QED) is 0.561. The van der Waals surface area contributed by atoms with Crippen molar-refractivity contribution in [2.24, 2.45) is 0 Å². The number of aromatic nitrogens is 1. The Labute approximate surface area is 118 Å². The summed E-state index contributed by atoms with van der Waals surface area (Å²) in [7, 11) is 0. The van der Waals surface area contributed by atoms with Crippen LogP contribution in [0.3, 0.4) is 0 Å². The molecular formula is C14H17N2Tl. The molecule has 0 spiro atoms. The molecule has 0 unspecified atom stereocenters. The Morgan fingerprint density at radius 3 is 2.71 bits per heavy atom. The van der Waals surface area contributed by atoms with Crippen LogP contribution in [-0.4, -0.2) is 28.4 Å². The number of nitrogens with zero attached hydrogens (tertiary/aromatic N) is 1. The summed E-state index contributed by atoms with van der Waals surface area (Å²) in [5.41, 5.74) is 9.68. The van der Waals surface area contributed by atoms with E-state index in [0.29, 0.717) is 0 Å². The number of benzene rings is 1. The molecule has 1 fully saturated rings. The number of hydrogen-bond donors (Lipinski definition) is 1. The minimum absolute atomic E-state index is 0.787. The van der Waals surface area contributed by atoms with Crippen LogP contribution in [0.2, 0.25) is 0 Å². The predicted octanol–water partition coefficient (Wildman–Crippen LogP) is 3.20. The van der Waals surface area contributed by atoms with Crippen molar-refractivity contribution in [2.45, 2.75) is 38.0 Å². The van der Waals surface area contributed by atoms with Crippen molar-refractivity contribution in [1.82, 2.24) is 2.38 Å². The summed E-state index contributed by atoms with van der Waals surface area (Å²) in [6.07, 6.45) is 9.34. The standard InChI is InChI=1S/C14H17N2.Tl/c15-11-6-7-12-13(9-16-14(12)8-11)10-4-2-1-3-5-10;/h6-10H,1-5,15H2;/q-1;+1. The molecule has 3 heteroatoms. The first-order valence-electron chi connectivity index (χ1n) is 6.41. The molecule has 3 rings (SSSR count). The average molecular weight is 418 g/mol. The van der Waals surface area contributed by atoms with E-state index in [2.05, 4.69) is 20.7 Å². The first-order chi connectivity index (χ1) is 8.25. The van der Waals surface area contributed by atoms with Gasteiger partial charge >= 0.3 is 119 Å². The van der Waals surface area contributed by atoms with Crippen LogP contribution in [0.5, 0.6) is 0 Å². The van der Waals surface area contributed by atoms with Crippen molar-refractivity contribution in [3.8, 4) is 0 Å². The summed E-state index contributed by atoms with van der Waals surface area (Å²) in [6, 6.07) is 6.38. The molecule has 0 aliphatic heterocycles. The number of rotatable bonds is 1. The second kappa shape index (κ2) is 4.63. The van der Waals surface area contributed by atoms with Crippen molar-refractivity contribution in [3.05, 3.63) is 30.0 Å². The molecule has 0 bridgehead atoms. The van der Waals surface area contributed by atoms with Crippen LogP contribution in [0.4, 0.5) is 5.69 Å². The first kappa shape index (κ1) is 11.6. The van der Waals surface area contributed by atoms with E-state index in [-0.39, 0.29) is 0 Å². The molecule has 2 nitrogen and oxygen atoms in total. The van der Waals surface area contributed by atoms with E-state index in [1.165, 1.54) is 43.0 Å². The number of anilines is 1. The van der Waals surface area contributed by atoms with E-state index in [1.807, 2.05) is 6.07 Å². The third kappa shape index (κ3) is 2.11. The molecule has 17 heavy (non-hydrogen) atoms. The number of nitrogens with two attached hydrogens (primary N) is 1. The number of fused-ring (bicyclic) bond motifs is 1. The van der Waals surface area contributed by atoms with E-state index in [9.17, 15) is 0 Å². The van der Waals surface area contributed by atoms with Gasteiger partial charge in [-0.25, -0.2) is 0 Å². The summed E-state index contributed by atoms with van der Waals surface area (Å²) >= 11 is 0.821. The van der Waals surface area contributed by atoms with Crippen LogP contribution >= 0.6 is 0 Å². The fraction of sp³-hybridized carbons (Fsp3) is 0.429. The van der Waals surface area contributed by atoms with Gasteiger partial charge in [-0.05, 0) is 0 Å². The van der Waals surface area contributed by atoms with Crippen LogP contribution < -0.4 is 5.73 Å². The Bertz CT molecular complexity index is 538. The van der Waals surface area contributed by atoms with Crippen LogP contribution in [0.25, 0.3) is 10.9 Å². The summed E-state index contributed by atoms with van der Waals surface area (Å²) in [5.74, 6) is 0.787. The molecule has 0 radical (unpaired) electrons. The minimum atomic E-state index is 0.787. The Hall–Kier alpha value is -0.518. The van der Waals surface area contributed by atoms with Gasteiger partial charge in [-0.15, -0.1) is 0 Å². The molecule has 2 aromatic rings. The molecule has 86 valence electrons. The second-order valence-corrected chi connectivity index (χ2v) is 7.27. The zero-order valence-electron chi connectivity index (χ0n) is 10.0. The molecule has 0 amide bonds. The van der Waals surface area contributed by atoms with Gasteiger partial charge in [0.1, 0.15) is 0 Å². The van der Waals surface area contributed by atoms with Crippen molar-refractivity contribution in [1.29, 1.82) is 0 Å². The summed E-state index contributed by atoms with van der Waals surface area (Å²) in [4.78, 5) is 0. The summed E-state index contributed by atoms with van der Waals surface area (Å²) < 4.78 is 2.38. The summed E-state index contributed by atoms with van der Waals surface area (Å²) in [6.45, 7) is 0. The molecule has 1 aromatic carbocycles. The molecule has 1 aliphatic rings. The van der Waals surface area contributed by atoms with Gasteiger partial charge in [-0.2, -0.15) is 0 Å². The van der Waals surface area contributed by atoms with Gasteiger partial charge in [0.2, 0.25) is 0 Å². The molecule has 1 aromatic heterocycles. The third-order valence-electron chi connectivity index (χ3n) is 3.93. The topological polar surface area (TPSA) is 30.9 Å². The van der Waals surface area contributed by atoms with Crippen molar-refractivity contribution in [3.63, 3.8) is 0 Å². The zero-order valence-corrected chi connectivity index (χ0v) is 14.5. The number of hydrogen-bond acceptors (Lipinski definition) is 1. The van der Waals surface area contributed by atoms with Gasteiger partial charge in [0.05, 0.1) is 0 Å².